The molecule has 1 aromatic carbocycles. The Morgan fingerprint density at radius 1 is 1.17 bits per heavy atom. The average molecular weight is 339 g/mol. The first-order chi connectivity index (χ1) is 11.0. The van der Waals surface area contributed by atoms with Crippen molar-refractivity contribution in [2.24, 2.45) is 5.92 Å². The van der Waals surface area contributed by atoms with E-state index in [0.29, 0.717) is 31.1 Å². The van der Waals surface area contributed by atoms with Gasteiger partial charge in [0.2, 0.25) is 10.0 Å². The van der Waals surface area contributed by atoms with E-state index in [1.54, 1.807) is 6.07 Å². The number of carboxylic acids is 1. The molecular formula is C15H17NO6S. The summed E-state index contributed by atoms with van der Waals surface area (Å²) < 4.78 is 38.0. The number of rotatable bonds is 3. The van der Waals surface area contributed by atoms with Crippen molar-refractivity contribution < 1.29 is 27.8 Å². The van der Waals surface area contributed by atoms with Crippen LogP contribution in [0.3, 0.4) is 0 Å². The summed E-state index contributed by atoms with van der Waals surface area (Å²) in [5, 5.41) is 9.46. The number of fused-ring (bicyclic) bond motifs is 3. The molecule has 1 N–H and O–H groups in total. The lowest BCUT2D eigenvalue weighted by atomic mass is 10.0. The molecule has 2 heterocycles. The minimum Gasteiger partial charge on any atom is -0.486 e. The van der Waals surface area contributed by atoms with Crippen LogP contribution in [-0.2, 0) is 14.8 Å². The van der Waals surface area contributed by atoms with Gasteiger partial charge >= 0.3 is 5.97 Å². The fraction of sp³-hybridized carbons (Fsp3) is 0.533. The van der Waals surface area contributed by atoms with Gasteiger partial charge in [-0.2, -0.15) is 4.31 Å². The SMILES string of the molecule is O=C(O)C1C2CCC(C2)N1S(=O)(=O)c1ccc2c(c1)OCCO2. The zero-order chi connectivity index (χ0) is 16.2. The summed E-state index contributed by atoms with van der Waals surface area (Å²) in [6, 6.07) is 3.25. The van der Waals surface area contributed by atoms with E-state index in [2.05, 4.69) is 0 Å². The summed E-state index contributed by atoms with van der Waals surface area (Å²) >= 11 is 0. The second-order valence-corrected chi connectivity index (χ2v) is 7.99. The molecule has 7 nitrogen and oxygen atoms in total. The second kappa shape index (κ2) is 5.10. The molecular weight excluding hydrogens is 322 g/mol. The van der Waals surface area contributed by atoms with Crippen molar-refractivity contribution in [1.29, 1.82) is 0 Å². The van der Waals surface area contributed by atoms with E-state index < -0.39 is 22.0 Å². The summed E-state index contributed by atoms with van der Waals surface area (Å²) in [6.45, 7) is 0.790. The van der Waals surface area contributed by atoms with E-state index >= 15 is 0 Å². The summed E-state index contributed by atoms with van der Waals surface area (Å²) in [5.41, 5.74) is 0. The number of hydrogen-bond donors (Lipinski definition) is 1. The Hall–Kier alpha value is -1.80. The molecule has 1 aliphatic carbocycles. The third kappa shape index (κ3) is 2.20. The standard InChI is InChI=1S/C15H17NO6S/c17-15(18)14-9-1-2-10(7-9)16(14)23(19,20)11-3-4-12-13(8-11)22-6-5-21-12/h3-4,8-10,14H,1-2,5-7H2,(H,17,18). The number of carboxylic acid groups (broad SMARTS) is 1. The summed E-state index contributed by atoms with van der Waals surface area (Å²) in [5.74, 6) is -0.274. The molecule has 8 heteroatoms. The van der Waals surface area contributed by atoms with Crippen molar-refractivity contribution in [1.82, 2.24) is 4.31 Å². The fourth-order valence-electron chi connectivity index (χ4n) is 3.91. The molecule has 0 amide bonds. The molecule has 0 radical (unpaired) electrons. The van der Waals surface area contributed by atoms with Crippen molar-refractivity contribution >= 4 is 16.0 Å². The van der Waals surface area contributed by atoms with Gasteiger partial charge in [0.05, 0.1) is 4.90 Å². The summed E-state index contributed by atoms with van der Waals surface area (Å²) in [6.07, 6.45) is 2.12. The second-order valence-electron chi connectivity index (χ2n) is 6.15. The Bertz CT molecular complexity index is 761. The van der Waals surface area contributed by atoms with Crippen LogP contribution < -0.4 is 9.47 Å². The number of hydrogen-bond acceptors (Lipinski definition) is 5. The Balaban J connectivity index is 1.74. The predicted molar refractivity (Wildman–Crippen MR) is 79.0 cm³/mol. The molecule has 2 fully saturated rings. The Morgan fingerprint density at radius 3 is 2.65 bits per heavy atom. The monoisotopic (exact) mass is 339 g/mol. The third-order valence-electron chi connectivity index (χ3n) is 4.87. The van der Waals surface area contributed by atoms with E-state index in [4.69, 9.17) is 9.47 Å². The van der Waals surface area contributed by atoms with Crippen molar-refractivity contribution in [3.05, 3.63) is 18.2 Å². The van der Waals surface area contributed by atoms with Crippen molar-refractivity contribution in [2.45, 2.75) is 36.2 Å². The van der Waals surface area contributed by atoms with Gasteiger partial charge in [-0.05, 0) is 37.3 Å². The highest BCUT2D eigenvalue weighted by Crippen LogP contribution is 2.46. The van der Waals surface area contributed by atoms with Gasteiger partial charge in [-0.15, -0.1) is 0 Å². The van der Waals surface area contributed by atoms with Crippen LogP contribution in [0.15, 0.2) is 23.1 Å². The maximum Gasteiger partial charge on any atom is 0.322 e. The molecule has 0 aromatic heterocycles. The molecule has 4 rings (SSSR count). The van der Waals surface area contributed by atoms with Crippen LogP contribution in [0.25, 0.3) is 0 Å². The fourth-order valence-corrected chi connectivity index (χ4v) is 5.79. The highest BCUT2D eigenvalue weighted by atomic mass is 32.2. The molecule has 1 aromatic rings. The maximum absolute atomic E-state index is 13.0. The largest absolute Gasteiger partial charge is 0.486 e. The number of piperidine rings is 1. The quantitative estimate of drug-likeness (QED) is 0.886. The number of aliphatic carboxylic acids is 1. The van der Waals surface area contributed by atoms with Crippen LogP contribution in [0.2, 0.25) is 0 Å². The number of carbonyl (C=O) groups is 1. The van der Waals surface area contributed by atoms with Crippen molar-refractivity contribution in [2.75, 3.05) is 13.2 Å². The zero-order valence-electron chi connectivity index (χ0n) is 12.3. The van der Waals surface area contributed by atoms with Crippen LogP contribution in [0.4, 0.5) is 0 Å². The van der Waals surface area contributed by atoms with Gasteiger partial charge in [0.1, 0.15) is 19.3 Å². The first-order valence-electron chi connectivity index (χ1n) is 7.64. The molecule has 3 atom stereocenters. The third-order valence-corrected chi connectivity index (χ3v) is 6.80. The molecule has 2 bridgehead atoms. The van der Waals surface area contributed by atoms with Crippen LogP contribution >= 0.6 is 0 Å². The Labute approximate surface area is 133 Å². The van der Waals surface area contributed by atoms with Gasteiger partial charge in [0.25, 0.3) is 0 Å². The Kier molecular flexibility index (Phi) is 3.28. The van der Waals surface area contributed by atoms with Gasteiger partial charge in [-0.1, -0.05) is 0 Å². The minimum atomic E-state index is -3.88. The van der Waals surface area contributed by atoms with Crippen LogP contribution in [0, 0.1) is 5.92 Å². The van der Waals surface area contributed by atoms with E-state index in [1.807, 2.05) is 0 Å². The van der Waals surface area contributed by atoms with E-state index in [-0.39, 0.29) is 16.9 Å². The molecule has 1 saturated heterocycles. The Morgan fingerprint density at radius 2 is 1.91 bits per heavy atom. The smallest absolute Gasteiger partial charge is 0.322 e. The van der Waals surface area contributed by atoms with E-state index in [0.717, 1.165) is 12.8 Å². The van der Waals surface area contributed by atoms with Crippen LogP contribution in [-0.4, -0.2) is 49.1 Å². The zero-order valence-corrected chi connectivity index (χ0v) is 13.2. The average Bonchev–Trinajstić information content (AvgIpc) is 3.15. The predicted octanol–water partition coefficient (Wildman–Crippen LogP) is 1.08. The number of ether oxygens (including phenoxy) is 2. The lowest BCUT2D eigenvalue weighted by molar-refractivity contribution is -0.142. The molecule has 3 aliphatic rings. The van der Waals surface area contributed by atoms with Crippen molar-refractivity contribution in [3.63, 3.8) is 0 Å². The molecule has 2 aliphatic heterocycles. The lowest BCUT2D eigenvalue weighted by Gasteiger charge is -2.31. The highest BCUT2D eigenvalue weighted by Gasteiger charge is 2.54. The van der Waals surface area contributed by atoms with Gasteiger partial charge in [-0.25, -0.2) is 8.42 Å². The minimum absolute atomic E-state index is 0.0561. The number of nitrogens with zero attached hydrogens (tertiary/aromatic N) is 1. The summed E-state index contributed by atoms with van der Waals surface area (Å²) in [4.78, 5) is 11.6. The van der Waals surface area contributed by atoms with Gasteiger partial charge in [0.15, 0.2) is 11.5 Å². The molecule has 3 unspecified atom stereocenters. The molecule has 0 spiro atoms. The number of benzene rings is 1. The van der Waals surface area contributed by atoms with Gasteiger partial charge in [0, 0.05) is 12.1 Å². The van der Waals surface area contributed by atoms with Crippen LogP contribution in [0.1, 0.15) is 19.3 Å². The summed E-state index contributed by atoms with van der Waals surface area (Å²) in [7, 11) is -3.88. The molecule has 124 valence electrons. The first-order valence-corrected chi connectivity index (χ1v) is 9.08. The highest BCUT2D eigenvalue weighted by molar-refractivity contribution is 7.89. The van der Waals surface area contributed by atoms with E-state index in [1.165, 1.54) is 16.4 Å². The maximum atomic E-state index is 13.0. The topological polar surface area (TPSA) is 93.1 Å². The molecule has 23 heavy (non-hydrogen) atoms. The van der Waals surface area contributed by atoms with E-state index in [9.17, 15) is 18.3 Å². The first kappa shape index (κ1) is 14.8. The van der Waals surface area contributed by atoms with Crippen LogP contribution in [0.5, 0.6) is 11.5 Å². The van der Waals surface area contributed by atoms with Gasteiger partial charge < -0.3 is 14.6 Å². The molecule has 1 saturated carbocycles. The lowest BCUT2D eigenvalue weighted by Crippen LogP contribution is -2.48. The number of sulfonamides is 1. The van der Waals surface area contributed by atoms with Crippen molar-refractivity contribution in [3.8, 4) is 11.5 Å². The normalized spacial score (nSPS) is 29.7. The van der Waals surface area contributed by atoms with Gasteiger partial charge in [-0.3, -0.25) is 4.79 Å².